The van der Waals surface area contributed by atoms with Gasteiger partial charge in [-0.05, 0) is 42.7 Å². The topological polar surface area (TPSA) is 61.9 Å². The highest BCUT2D eigenvalue weighted by Crippen LogP contribution is 2.22. The number of benzene rings is 2. The highest BCUT2D eigenvalue weighted by molar-refractivity contribution is 6.30. The highest BCUT2D eigenvalue weighted by atomic mass is 35.5. The van der Waals surface area contributed by atoms with E-state index < -0.39 is 0 Å². The van der Waals surface area contributed by atoms with Crippen LogP contribution in [0.1, 0.15) is 34.8 Å². The first-order valence-corrected chi connectivity index (χ1v) is 11.7. The zero-order valence-corrected chi connectivity index (χ0v) is 19.0. The Morgan fingerprint density at radius 1 is 1.03 bits per heavy atom. The van der Waals surface area contributed by atoms with Gasteiger partial charge in [-0.1, -0.05) is 41.9 Å². The fourth-order valence-corrected chi connectivity index (χ4v) is 4.53. The van der Waals surface area contributed by atoms with E-state index in [-0.39, 0.29) is 23.8 Å². The van der Waals surface area contributed by atoms with Crippen molar-refractivity contribution < 1.29 is 14.3 Å². The third-order valence-electron chi connectivity index (χ3n) is 6.23. The van der Waals surface area contributed by atoms with E-state index in [1.807, 2.05) is 18.2 Å². The van der Waals surface area contributed by atoms with E-state index in [2.05, 4.69) is 22.3 Å². The van der Waals surface area contributed by atoms with Crippen LogP contribution in [-0.2, 0) is 9.53 Å². The number of carbonyl (C=O) groups is 2. The molecule has 170 valence electrons. The van der Waals surface area contributed by atoms with Crippen LogP contribution in [0, 0.1) is 5.92 Å². The predicted octanol–water partition coefficient (Wildman–Crippen LogP) is 3.38. The van der Waals surface area contributed by atoms with Crippen LogP contribution < -0.4 is 5.32 Å². The Balaban J connectivity index is 1.41. The molecule has 2 aliphatic rings. The molecule has 2 heterocycles. The molecule has 2 saturated heterocycles. The molecule has 2 atom stereocenters. The molecule has 32 heavy (non-hydrogen) atoms. The average molecular weight is 456 g/mol. The molecule has 2 fully saturated rings. The molecule has 0 bridgehead atoms. The van der Waals surface area contributed by atoms with Crippen molar-refractivity contribution in [3.05, 3.63) is 70.7 Å². The lowest BCUT2D eigenvalue weighted by atomic mass is 9.95. The molecule has 7 heteroatoms. The van der Waals surface area contributed by atoms with Gasteiger partial charge in [0.25, 0.3) is 5.91 Å². The fourth-order valence-electron chi connectivity index (χ4n) is 4.40. The van der Waals surface area contributed by atoms with Gasteiger partial charge in [0.15, 0.2) is 0 Å². The van der Waals surface area contributed by atoms with Crippen molar-refractivity contribution in [2.75, 3.05) is 45.9 Å². The largest absolute Gasteiger partial charge is 0.379 e. The van der Waals surface area contributed by atoms with E-state index >= 15 is 0 Å². The minimum Gasteiger partial charge on any atom is -0.379 e. The Morgan fingerprint density at radius 3 is 2.47 bits per heavy atom. The summed E-state index contributed by atoms with van der Waals surface area (Å²) in [4.78, 5) is 30.3. The highest BCUT2D eigenvalue weighted by Gasteiger charge is 2.30. The zero-order chi connectivity index (χ0) is 22.3. The van der Waals surface area contributed by atoms with Gasteiger partial charge in [0.05, 0.1) is 25.2 Å². The van der Waals surface area contributed by atoms with Gasteiger partial charge in [0, 0.05) is 43.3 Å². The second kappa shape index (κ2) is 10.9. The molecule has 0 aromatic heterocycles. The average Bonchev–Trinajstić information content (AvgIpc) is 2.85. The Hall–Kier alpha value is -2.41. The molecule has 1 N–H and O–H groups in total. The summed E-state index contributed by atoms with van der Waals surface area (Å²) in [5, 5.41) is 3.88. The van der Waals surface area contributed by atoms with Crippen LogP contribution in [0.2, 0.25) is 5.02 Å². The van der Waals surface area contributed by atoms with E-state index in [9.17, 15) is 9.59 Å². The number of nitrogens with zero attached hydrogens (tertiary/aromatic N) is 2. The van der Waals surface area contributed by atoms with Crippen molar-refractivity contribution in [2.45, 2.75) is 18.9 Å². The number of piperidine rings is 1. The van der Waals surface area contributed by atoms with Crippen LogP contribution >= 0.6 is 11.6 Å². The second-order valence-electron chi connectivity index (χ2n) is 8.48. The molecular formula is C25H30ClN3O3. The van der Waals surface area contributed by atoms with Gasteiger partial charge in [-0.2, -0.15) is 0 Å². The molecule has 2 aromatic rings. The van der Waals surface area contributed by atoms with Gasteiger partial charge in [-0.15, -0.1) is 0 Å². The standard InChI is InChI=1S/C25H30ClN3O3/c26-22-10-8-20(9-11-22)25(31)29-12-4-7-21(17-29)24(30)27-23(19-5-2-1-3-6-19)18-28-13-15-32-16-14-28/h1-3,5-6,8-11,21,23H,4,7,12-18H2,(H,27,30)/t21-,23-/m0/s1. The molecule has 0 spiro atoms. The van der Waals surface area contributed by atoms with E-state index in [4.69, 9.17) is 16.3 Å². The smallest absolute Gasteiger partial charge is 0.253 e. The molecule has 2 aromatic carbocycles. The summed E-state index contributed by atoms with van der Waals surface area (Å²) >= 11 is 5.95. The maximum Gasteiger partial charge on any atom is 0.253 e. The first-order chi connectivity index (χ1) is 15.6. The van der Waals surface area contributed by atoms with Gasteiger partial charge < -0.3 is 15.0 Å². The van der Waals surface area contributed by atoms with Crippen molar-refractivity contribution in [1.82, 2.24) is 15.1 Å². The Bertz CT molecular complexity index is 900. The van der Waals surface area contributed by atoms with Crippen LogP contribution in [0.15, 0.2) is 54.6 Å². The molecule has 0 saturated carbocycles. The lowest BCUT2D eigenvalue weighted by Crippen LogP contribution is -2.48. The number of rotatable bonds is 6. The summed E-state index contributed by atoms with van der Waals surface area (Å²) in [6, 6.07) is 16.9. The number of hydrogen-bond acceptors (Lipinski definition) is 4. The van der Waals surface area contributed by atoms with Crippen LogP contribution in [0.25, 0.3) is 0 Å². The van der Waals surface area contributed by atoms with Gasteiger partial charge in [0.2, 0.25) is 5.91 Å². The minimum atomic E-state index is -0.212. The van der Waals surface area contributed by atoms with E-state index in [0.29, 0.717) is 23.7 Å². The second-order valence-corrected chi connectivity index (χ2v) is 8.92. The number of ether oxygens (including phenoxy) is 1. The van der Waals surface area contributed by atoms with Crippen LogP contribution in [-0.4, -0.2) is 67.6 Å². The summed E-state index contributed by atoms with van der Waals surface area (Å²) in [5.41, 5.74) is 1.70. The summed E-state index contributed by atoms with van der Waals surface area (Å²) in [7, 11) is 0. The van der Waals surface area contributed by atoms with Crippen molar-refractivity contribution >= 4 is 23.4 Å². The fraction of sp³-hybridized carbons (Fsp3) is 0.440. The van der Waals surface area contributed by atoms with Gasteiger partial charge >= 0.3 is 0 Å². The number of likely N-dealkylation sites (tertiary alicyclic amines) is 1. The molecule has 0 aliphatic carbocycles. The van der Waals surface area contributed by atoms with E-state index in [0.717, 1.165) is 51.3 Å². The van der Waals surface area contributed by atoms with Gasteiger partial charge in [-0.25, -0.2) is 0 Å². The summed E-state index contributed by atoms with van der Waals surface area (Å²) in [6.07, 6.45) is 1.60. The first-order valence-electron chi connectivity index (χ1n) is 11.3. The Morgan fingerprint density at radius 2 is 1.75 bits per heavy atom. The zero-order valence-electron chi connectivity index (χ0n) is 18.2. The third-order valence-corrected chi connectivity index (χ3v) is 6.49. The first kappa shape index (κ1) is 22.8. The number of carbonyl (C=O) groups excluding carboxylic acids is 2. The van der Waals surface area contributed by atoms with E-state index in [1.54, 1.807) is 29.2 Å². The van der Waals surface area contributed by atoms with Crippen LogP contribution in [0.5, 0.6) is 0 Å². The minimum absolute atomic E-state index is 0.0146. The van der Waals surface area contributed by atoms with Crippen molar-refractivity contribution in [2.24, 2.45) is 5.92 Å². The summed E-state index contributed by atoms with van der Waals surface area (Å²) < 4.78 is 5.47. The number of nitrogens with one attached hydrogen (secondary N) is 1. The lowest BCUT2D eigenvalue weighted by Gasteiger charge is -2.34. The number of halogens is 1. The molecule has 0 unspecified atom stereocenters. The van der Waals surface area contributed by atoms with Gasteiger partial charge in [0.1, 0.15) is 0 Å². The number of hydrogen-bond donors (Lipinski definition) is 1. The molecule has 4 rings (SSSR count). The Labute approximate surface area is 194 Å². The van der Waals surface area contributed by atoms with Crippen molar-refractivity contribution in [1.29, 1.82) is 0 Å². The lowest BCUT2D eigenvalue weighted by molar-refractivity contribution is -0.127. The number of morpholine rings is 1. The molecule has 2 amide bonds. The van der Waals surface area contributed by atoms with Gasteiger partial charge in [-0.3, -0.25) is 14.5 Å². The predicted molar refractivity (Wildman–Crippen MR) is 125 cm³/mol. The van der Waals surface area contributed by atoms with Crippen molar-refractivity contribution in [3.8, 4) is 0 Å². The maximum absolute atomic E-state index is 13.3. The van der Waals surface area contributed by atoms with Crippen molar-refractivity contribution in [3.63, 3.8) is 0 Å². The quantitative estimate of drug-likeness (QED) is 0.725. The molecule has 0 radical (unpaired) electrons. The van der Waals surface area contributed by atoms with Crippen LogP contribution in [0.4, 0.5) is 0 Å². The molecular weight excluding hydrogens is 426 g/mol. The summed E-state index contributed by atoms with van der Waals surface area (Å²) in [5.74, 6) is -0.247. The van der Waals surface area contributed by atoms with E-state index in [1.165, 1.54) is 0 Å². The SMILES string of the molecule is O=C(N[C@@H](CN1CCOCC1)c1ccccc1)[C@H]1CCCN(C(=O)c2ccc(Cl)cc2)C1. The number of amides is 2. The molecule has 6 nitrogen and oxygen atoms in total. The summed E-state index contributed by atoms with van der Waals surface area (Å²) in [6.45, 7) is 5.03. The Kier molecular flexibility index (Phi) is 7.79. The molecule has 2 aliphatic heterocycles. The maximum atomic E-state index is 13.3. The third kappa shape index (κ3) is 5.88. The normalized spacial score (nSPS) is 20.5. The monoisotopic (exact) mass is 455 g/mol. The van der Waals surface area contributed by atoms with Crippen LogP contribution in [0.3, 0.4) is 0 Å².